The molecule has 0 N–H and O–H groups in total. The molecule has 0 saturated heterocycles. The Morgan fingerprint density at radius 1 is 0.512 bits per heavy atom. The van der Waals surface area contributed by atoms with E-state index in [0.29, 0.717) is 0 Å². The quantitative estimate of drug-likeness (QED) is 0.230. The predicted octanol–water partition coefficient (Wildman–Crippen LogP) is 7.89. The zero-order valence-electron chi connectivity index (χ0n) is 22.4. The van der Waals surface area contributed by atoms with Gasteiger partial charge in [0.2, 0.25) is 0 Å². The summed E-state index contributed by atoms with van der Waals surface area (Å²) < 4.78 is 4.58. The van der Waals surface area contributed by atoms with Gasteiger partial charge in [0.05, 0.1) is 22.1 Å². The van der Waals surface area contributed by atoms with Crippen LogP contribution in [0.1, 0.15) is 25.0 Å². The molecule has 6 nitrogen and oxygen atoms in total. The number of fused-ring (bicyclic) bond motifs is 12. The van der Waals surface area contributed by atoms with Crippen molar-refractivity contribution in [1.82, 2.24) is 28.7 Å². The third-order valence-corrected chi connectivity index (χ3v) is 9.36. The summed E-state index contributed by atoms with van der Waals surface area (Å²) >= 11 is 0. The van der Waals surface area contributed by atoms with Gasteiger partial charge in [0, 0.05) is 85.7 Å². The van der Waals surface area contributed by atoms with E-state index in [-0.39, 0.29) is 5.41 Å². The molecule has 0 spiro atoms. The Kier molecular flexibility index (Phi) is 3.68. The monoisotopic (exact) mass is 526 g/mol. The standard InChI is InChI=1S/C35H22N6/c1-35(2,19-13-25-21-5-3-7-23-27-17-36-11-9-29(27)40(31(21)23)33(25)38-15-19)20-14-26-22-6-4-8-24-28-18-37-12-10-30(28)41(32(22)24)34(26)39-16-20/h3-18H,1-2H3. The Hall–Kier alpha value is -5.36. The summed E-state index contributed by atoms with van der Waals surface area (Å²) in [7, 11) is 0. The summed E-state index contributed by atoms with van der Waals surface area (Å²) in [6.07, 6.45) is 11.7. The van der Waals surface area contributed by atoms with Gasteiger partial charge in [-0.05, 0) is 35.4 Å². The molecule has 0 unspecified atom stereocenters. The molecule has 0 amide bonds. The topological polar surface area (TPSA) is 60.4 Å². The molecule has 10 rings (SSSR count). The second kappa shape index (κ2) is 7.04. The van der Waals surface area contributed by atoms with Crippen LogP contribution < -0.4 is 0 Å². The van der Waals surface area contributed by atoms with Gasteiger partial charge in [0.25, 0.3) is 0 Å². The van der Waals surface area contributed by atoms with E-state index in [0.717, 1.165) is 33.1 Å². The molecule has 0 saturated carbocycles. The average molecular weight is 527 g/mol. The van der Waals surface area contributed by atoms with Crippen LogP contribution in [0, 0.1) is 0 Å². The summed E-state index contributed by atoms with van der Waals surface area (Å²) in [6, 6.07) is 21.9. The van der Waals surface area contributed by atoms with Crippen molar-refractivity contribution in [3.63, 3.8) is 0 Å². The Morgan fingerprint density at radius 2 is 0.951 bits per heavy atom. The number of rotatable bonds is 2. The van der Waals surface area contributed by atoms with Crippen LogP contribution in [0.4, 0.5) is 0 Å². The number of nitrogens with zero attached hydrogens (tertiary/aromatic N) is 6. The van der Waals surface area contributed by atoms with Gasteiger partial charge in [0.15, 0.2) is 0 Å². The van der Waals surface area contributed by atoms with Gasteiger partial charge in [-0.2, -0.15) is 0 Å². The van der Waals surface area contributed by atoms with Gasteiger partial charge in [-0.15, -0.1) is 0 Å². The van der Waals surface area contributed by atoms with Crippen molar-refractivity contribution in [1.29, 1.82) is 0 Å². The zero-order chi connectivity index (χ0) is 27.0. The van der Waals surface area contributed by atoms with E-state index < -0.39 is 0 Å². The van der Waals surface area contributed by atoms with Gasteiger partial charge in [-0.3, -0.25) is 18.8 Å². The van der Waals surface area contributed by atoms with E-state index in [1.807, 2.05) is 37.2 Å². The fraction of sp³-hybridized carbons (Fsp3) is 0.0857. The fourth-order valence-electron chi connectivity index (χ4n) is 7.22. The Balaban J connectivity index is 1.21. The van der Waals surface area contributed by atoms with E-state index >= 15 is 0 Å². The molecule has 10 aromatic rings. The zero-order valence-corrected chi connectivity index (χ0v) is 22.4. The van der Waals surface area contributed by atoms with Crippen LogP contribution in [-0.2, 0) is 5.41 Å². The Bertz CT molecular complexity index is 2490. The lowest BCUT2D eigenvalue weighted by molar-refractivity contribution is 0.637. The van der Waals surface area contributed by atoms with Crippen LogP contribution in [0.2, 0.25) is 0 Å². The maximum absolute atomic E-state index is 5.09. The van der Waals surface area contributed by atoms with Gasteiger partial charge < -0.3 is 0 Å². The van der Waals surface area contributed by atoms with Crippen LogP contribution >= 0.6 is 0 Å². The number of hydrogen-bond donors (Lipinski definition) is 0. The first kappa shape index (κ1) is 21.5. The molecule has 0 fully saturated rings. The molecule has 8 heterocycles. The Morgan fingerprint density at radius 3 is 1.41 bits per heavy atom. The van der Waals surface area contributed by atoms with E-state index in [4.69, 9.17) is 9.97 Å². The molecule has 8 aromatic heterocycles. The number of benzene rings is 2. The number of aromatic nitrogens is 6. The van der Waals surface area contributed by atoms with Crippen LogP contribution in [0.3, 0.4) is 0 Å². The van der Waals surface area contributed by atoms with Crippen molar-refractivity contribution < 1.29 is 0 Å². The van der Waals surface area contributed by atoms with Gasteiger partial charge in [0.1, 0.15) is 11.3 Å². The fourth-order valence-corrected chi connectivity index (χ4v) is 7.22. The van der Waals surface area contributed by atoms with Crippen molar-refractivity contribution in [3.8, 4) is 0 Å². The normalized spacial score (nSPS) is 13.1. The van der Waals surface area contributed by atoms with Crippen molar-refractivity contribution in [2.24, 2.45) is 0 Å². The van der Waals surface area contributed by atoms with Crippen LogP contribution in [0.5, 0.6) is 0 Å². The van der Waals surface area contributed by atoms with E-state index in [9.17, 15) is 0 Å². The third-order valence-electron chi connectivity index (χ3n) is 9.36. The van der Waals surface area contributed by atoms with Crippen molar-refractivity contribution >= 4 is 76.5 Å². The van der Waals surface area contributed by atoms with Crippen molar-refractivity contribution in [3.05, 3.63) is 109 Å². The molecule has 0 radical (unpaired) electrons. The van der Waals surface area contributed by atoms with Crippen molar-refractivity contribution in [2.75, 3.05) is 0 Å². The number of para-hydroxylation sites is 2. The lowest BCUT2D eigenvalue weighted by Crippen LogP contribution is -2.19. The van der Waals surface area contributed by atoms with Crippen LogP contribution in [-0.4, -0.2) is 28.7 Å². The molecule has 0 aliphatic rings. The third kappa shape index (κ3) is 2.45. The summed E-state index contributed by atoms with van der Waals surface area (Å²) in [5.41, 5.74) is 8.70. The summed E-state index contributed by atoms with van der Waals surface area (Å²) in [6.45, 7) is 4.54. The maximum Gasteiger partial charge on any atom is 0.145 e. The number of hydrogen-bond acceptors (Lipinski definition) is 4. The molecular formula is C35H22N6. The smallest absolute Gasteiger partial charge is 0.145 e. The summed E-state index contributed by atoms with van der Waals surface area (Å²) in [4.78, 5) is 18.9. The molecule has 0 bridgehead atoms. The van der Waals surface area contributed by atoms with Gasteiger partial charge >= 0.3 is 0 Å². The molecule has 0 atom stereocenters. The minimum atomic E-state index is -0.307. The lowest BCUT2D eigenvalue weighted by atomic mass is 9.79. The average Bonchev–Trinajstić information content (AvgIpc) is 3.74. The second-order valence-electron chi connectivity index (χ2n) is 11.7. The second-order valence-corrected chi connectivity index (χ2v) is 11.7. The van der Waals surface area contributed by atoms with E-state index in [1.165, 1.54) is 54.5 Å². The molecule has 41 heavy (non-hydrogen) atoms. The first-order chi connectivity index (χ1) is 20.1. The maximum atomic E-state index is 5.09. The van der Waals surface area contributed by atoms with Gasteiger partial charge in [-0.25, -0.2) is 9.97 Å². The largest absolute Gasteiger partial charge is 0.293 e. The van der Waals surface area contributed by atoms with Gasteiger partial charge in [-0.1, -0.05) is 50.2 Å². The first-order valence-electron chi connectivity index (χ1n) is 13.9. The Labute approximate surface area is 233 Å². The highest BCUT2D eigenvalue weighted by Gasteiger charge is 2.28. The molecule has 0 aliphatic carbocycles. The van der Waals surface area contributed by atoms with Crippen molar-refractivity contribution in [2.45, 2.75) is 19.3 Å². The van der Waals surface area contributed by atoms with Crippen LogP contribution in [0.15, 0.2) is 97.8 Å². The minimum absolute atomic E-state index is 0.307. The summed E-state index contributed by atoms with van der Waals surface area (Å²) in [5, 5.41) is 9.54. The molecule has 0 aliphatic heterocycles. The van der Waals surface area contributed by atoms with Crippen LogP contribution in [0.25, 0.3) is 76.5 Å². The highest BCUT2D eigenvalue weighted by Crippen LogP contribution is 2.42. The molecular weight excluding hydrogens is 504 g/mol. The molecule has 192 valence electrons. The van der Waals surface area contributed by atoms with E-state index in [2.05, 4.69) is 93.3 Å². The molecule has 2 aromatic carbocycles. The lowest BCUT2D eigenvalue weighted by Gasteiger charge is -2.25. The first-order valence-corrected chi connectivity index (χ1v) is 13.9. The highest BCUT2D eigenvalue weighted by atomic mass is 15.0. The minimum Gasteiger partial charge on any atom is -0.293 e. The van der Waals surface area contributed by atoms with E-state index in [1.54, 1.807) is 0 Å². The highest BCUT2D eigenvalue weighted by molar-refractivity contribution is 6.23. The SMILES string of the molecule is CC(C)(c1cnc2c(c1)c1cccc3c4cnccc4n2c31)c1cnc2c(c1)c1cccc3c4cnccc4n2c31. The predicted molar refractivity (Wildman–Crippen MR) is 166 cm³/mol. The summed E-state index contributed by atoms with van der Waals surface area (Å²) in [5.74, 6) is 0. The number of pyridine rings is 4. The molecule has 6 heteroatoms.